The summed E-state index contributed by atoms with van der Waals surface area (Å²) in [5, 5.41) is 0. The molecule has 0 atom stereocenters. The molecule has 0 N–H and O–H groups in total. The van der Waals surface area contributed by atoms with Crippen molar-refractivity contribution in [2.75, 3.05) is 20.2 Å². The van der Waals surface area contributed by atoms with E-state index in [-0.39, 0.29) is 0 Å². The molecule has 0 radical (unpaired) electrons. The van der Waals surface area contributed by atoms with Crippen LogP contribution in [0.4, 0.5) is 0 Å². The molecule has 0 aliphatic carbocycles. The van der Waals surface area contributed by atoms with E-state index in [0.717, 1.165) is 6.61 Å². The topological polar surface area (TPSA) is 12.5 Å². The molecule has 0 heterocycles. The first-order chi connectivity index (χ1) is 6.04. The van der Waals surface area contributed by atoms with Gasteiger partial charge >= 0.3 is 0 Å². The highest BCUT2D eigenvalue weighted by Gasteiger charge is 2.01. The maximum atomic E-state index is 5.47. The molecule has 0 unspecified atom stereocenters. The van der Waals surface area contributed by atoms with Crippen LogP contribution in [0.15, 0.2) is 0 Å². The van der Waals surface area contributed by atoms with E-state index in [2.05, 4.69) is 39.6 Å². The fourth-order valence-electron chi connectivity index (χ4n) is 1.04. The minimum atomic E-state index is 0.378. The molecule has 0 spiro atoms. The summed E-state index contributed by atoms with van der Waals surface area (Å²) in [5.74, 6) is 0. The third-order valence-electron chi connectivity index (χ3n) is 2.24. The third kappa shape index (κ3) is 8.26. The highest BCUT2D eigenvalue weighted by atomic mass is 16.5. The minimum Gasteiger partial charge on any atom is -0.379 e. The van der Waals surface area contributed by atoms with Crippen molar-refractivity contribution in [3.8, 4) is 0 Å². The lowest BCUT2D eigenvalue weighted by Crippen LogP contribution is -2.27. The lowest BCUT2D eigenvalue weighted by molar-refractivity contribution is 0.0741. The Bertz CT molecular complexity index is 113. The lowest BCUT2D eigenvalue weighted by Gasteiger charge is -2.20. The van der Waals surface area contributed by atoms with Gasteiger partial charge in [-0.2, -0.15) is 0 Å². The first-order valence-electron chi connectivity index (χ1n) is 5.36. The van der Waals surface area contributed by atoms with Gasteiger partial charge in [-0.15, -0.1) is 0 Å². The molecule has 0 fully saturated rings. The maximum absolute atomic E-state index is 5.47. The highest BCUT2D eigenvalue weighted by Crippen LogP contribution is 1.99. The van der Waals surface area contributed by atoms with E-state index < -0.39 is 0 Å². The summed E-state index contributed by atoms with van der Waals surface area (Å²) in [6.45, 7) is 10.7. The van der Waals surface area contributed by atoms with Crippen LogP contribution in [0, 0.1) is 0 Å². The molecule has 0 saturated heterocycles. The first-order valence-corrected chi connectivity index (χ1v) is 5.36. The molecule has 0 saturated carbocycles. The number of rotatable bonds is 7. The molecule has 0 aliphatic heterocycles. The molecule has 2 heteroatoms. The van der Waals surface area contributed by atoms with Gasteiger partial charge in [-0.3, -0.25) is 0 Å². The molecular formula is C11H25NO. The van der Waals surface area contributed by atoms with Crippen molar-refractivity contribution in [3.63, 3.8) is 0 Å². The summed E-state index contributed by atoms with van der Waals surface area (Å²) in [6, 6.07) is 0.658. The van der Waals surface area contributed by atoms with Gasteiger partial charge in [-0.25, -0.2) is 0 Å². The molecule has 2 nitrogen and oxygen atoms in total. The Kier molecular flexibility index (Phi) is 7.29. The molecule has 0 aromatic rings. The van der Waals surface area contributed by atoms with Crippen molar-refractivity contribution in [3.05, 3.63) is 0 Å². The Morgan fingerprint density at radius 2 is 1.69 bits per heavy atom. The normalized spacial score (nSPS) is 12.0. The number of hydrogen-bond donors (Lipinski definition) is 0. The number of ether oxygens (including phenoxy) is 1. The number of hydrogen-bond acceptors (Lipinski definition) is 2. The van der Waals surface area contributed by atoms with Crippen molar-refractivity contribution in [2.45, 2.75) is 52.7 Å². The van der Waals surface area contributed by atoms with Crippen molar-refractivity contribution < 1.29 is 4.74 Å². The largest absolute Gasteiger partial charge is 0.379 e. The molecule has 0 bridgehead atoms. The standard InChI is InChI=1S/C11H25NO/c1-10(2)12(5)8-6-7-9-13-11(3)4/h10-11H,6-9H2,1-5H3. The van der Waals surface area contributed by atoms with E-state index in [9.17, 15) is 0 Å². The second kappa shape index (κ2) is 7.34. The molecule has 13 heavy (non-hydrogen) atoms. The Hall–Kier alpha value is -0.0800. The predicted octanol–water partition coefficient (Wildman–Crippen LogP) is 2.53. The zero-order chi connectivity index (χ0) is 10.3. The van der Waals surface area contributed by atoms with E-state index in [1.807, 2.05) is 0 Å². The monoisotopic (exact) mass is 187 g/mol. The molecular weight excluding hydrogens is 162 g/mol. The second-order valence-corrected chi connectivity index (χ2v) is 4.20. The zero-order valence-corrected chi connectivity index (χ0v) is 9.84. The molecule has 0 aromatic heterocycles. The lowest BCUT2D eigenvalue weighted by atomic mass is 10.2. The highest BCUT2D eigenvalue weighted by molar-refractivity contribution is 4.56. The van der Waals surface area contributed by atoms with Crippen LogP contribution in [-0.4, -0.2) is 37.2 Å². The summed E-state index contributed by atoms with van der Waals surface area (Å²) >= 11 is 0. The van der Waals surface area contributed by atoms with Crippen LogP contribution in [0.1, 0.15) is 40.5 Å². The van der Waals surface area contributed by atoms with Gasteiger partial charge in [0.15, 0.2) is 0 Å². The number of unbranched alkanes of at least 4 members (excludes halogenated alkanes) is 1. The van der Waals surface area contributed by atoms with Gasteiger partial charge < -0.3 is 9.64 Å². The average molecular weight is 187 g/mol. The smallest absolute Gasteiger partial charge is 0.0518 e. The fraction of sp³-hybridized carbons (Fsp3) is 1.00. The van der Waals surface area contributed by atoms with Crippen molar-refractivity contribution in [1.82, 2.24) is 4.90 Å². The fourth-order valence-corrected chi connectivity index (χ4v) is 1.04. The quantitative estimate of drug-likeness (QED) is 0.568. The van der Waals surface area contributed by atoms with Crippen LogP contribution >= 0.6 is 0 Å². The van der Waals surface area contributed by atoms with Gasteiger partial charge in [0.2, 0.25) is 0 Å². The molecule has 0 aliphatic rings. The van der Waals surface area contributed by atoms with Crippen LogP contribution < -0.4 is 0 Å². The van der Waals surface area contributed by atoms with Gasteiger partial charge in [-0.05, 0) is 54.1 Å². The maximum Gasteiger partial charge on any atom is 0.0518 e. The van der Waals surface area contributed by atoms with Gasteiger partial charge in [0.1, 0.15) is 0 Å². The Balaban J connectivity index is 3.16. The van der Waals surface area contributed by atoms with Crippen LogP contribution in [0.25, 0.3) is 0 Å². The van der Waals surface area contributed by atoms with E-state index in [4.69, 9.17) is 4.74 Å². The summed E-state index contributed by atoms with van der Waals surface area (Å²) in [6.07, 6.45) is 2.79. The van der Waals surface area contributed by atoms with E-state index in [1.165, 1.54) is 19.4 Å². The summed E-state index contributed by atoms with van der Waals surface area (Å²) in [5.41, 5.74) is 0. The van der Waals surface area contributed by atoms with E-state index in [1.54, 1.807) is 0 Å². The molecule has 0 amide bonds. The molecule has 0 rings (SSSR count). The van der Waals surface area contributed by atoms with Crippen LogP contribution in [0.5, 0.6) is 0 Å². The van der Waals surface area contributed by atoms with Crippen molar-refractivity contribution in [1.29, 1.82) is 0 Å². The summed E-state index contributed by atoms with van der Waals surface area (Å²) in [7, 11) is 2.17. The minimum absolute atomic E-state index is 0.378. The second-order valence-electron chi connectivity index (χ2n) is 4.20. The van der Waals surface area contributed by atoms with Crippen LogP contribution in [-0.2, 0) is 4.74 Å². The average Bonchev–Trinajstić information content (AvgIpc) is 2.02. The van der Waals surface area contributed by atoms with Gasteiger partial charge in [0.05, 0.1) is 6.10 Å². The Morgan fingerprint density at radius 1 is 1.08 bits per heavy atom. The van der Waals surface area contributed by atoms with E-state index >= 15 is 0 Å². The Morgan fingerprint density at radius 3 is 2.15 bits per heavy atom. The van der Waals surface area contributed by atoms with E-state index in [0.29, 0.717) is 12.1 Å². The molecule has 0 aromatic carbocycles. The SMILES string of the molecule is CC(C)OCCCCN(C)C(C)C. The predicted molar refractivity (Wildman–Crippen MR) is 58.1 cm³/mol. The van der Waals surface area contributed by atoms with Gasteiger partial charge in [0.25, 0.3) is 0 Å². The summed E-state index contributed by atoms with van der Waals surface area (Å²) < 4.78 is 5.47. The molecule has 80 valence electrons. The van der Waals surface area contributed by atoms with Gasteiger partial charge in [-0.1, -0.05) is 0 Å². The van der Waals surface area contributed by atoms with Crippen molar-refractivity contribution in [2.24, 2.45) is 0 Å². The Labute approximate surface area is 83.3 Å². The van der Waals surface area contributed by atoms with Crippen molar-refractivity contribution >= 4 is 0 Å². The summed E-state index contributed by atoms with van der Waals surface area (Å²) in [4.78, 5) is 2.37. The van der Waals surface area contributed by atoms with Gasteiger partial charge in [0, 0.05) is 12.6 Å². The van der Waals surface area contributed by atoms with Crippen LogP contribution in [0.2, 0.25) is 0 Å². The third-order valence-corrected chi connectivity index (χ3v) is 2.24. The first kappa shape index (κ1) is 12.9. The zero-order valence-electron chi connectivity index (χ0n) is 9.84. The number of nitrogens with zero attached hydrogens (tertiary/aromatic N) is 1. The van der Waals surface area contributed by atoms with Crippen LogP contribution in [0.3, 0.4) is 0 Å².